The lowest BCUT2D eigenvalue weighted by Crippen LogP contribution is -2.31. The number of hydrogen-bond acceptors (Lipinski definition) is 4. The third-order valence-electron chi connectivity index (χ3n) is 4.20. The van der Waals surface area contributed by atoms with Crippen molar-refractivity contribution in [3.63, 3.8) is 0 Å². The summed E-state index contributed by atoms with van der Waals surface area (Å²) >= 11 is 0. The Morgan fingerprint density at radius 2 is 1.45 bits per heavy atom. The number of carbonyl (C=O) groups excluding carboxylic acids is 2. The zero-order valence-electron chi connectivity index (χ0n) is 16.2. The minimum Gasteiger partial charge on any atom is -0.497 e. The lowest BCUT2D eigenvalue weighted by atomic mass is 10.1. The van der Waals surface area contributed by atoms with Gasteiger partial charge in [-0.05, 0) is 55.5 Å². The summed E-state index contributed by atoms with van der Waals surface area (Å²) in [5, 5.41) is 5.59. The van der Waals surface area contributed by atoms with Crippen LogP contribution in [0.5, 0.6) is 11.5 Å². The van der Waals surface area contributed by atoms with Gasteiger partial charge in [-0.15, -0.1) is 0 Å². The van der Waals surface area contributed by atoms with E-state index in [4.69, 9.17) is 9.47 Å². The van der Waals surface area contributed by atoms with Crippen molar-refractivity contribution >= 4 is 23.2 Å². The van der Waals surface area contributed by atoms with Gasteiger partial charge in [0, 0.05) is 5.69 Å². The van der Waals surface area contributed by atoms with Gasteiger partial charge in [0.15, 0.2) is 6.10 Å². The van der Waals surface area contributed by atoms with E-state index in [2.05, 4.69) is 10.6 Å². The maximum absolute atomic E-state index is 12.7. The van der Waals surface area contributed by atoms with Gasteiger partial charge >= 0.3 is 0 Å². The van der Waals surface area contributed by atoms with Crippen molar-refractivity contribution in [2.75, 3.05) is 17.7 Å². The van der Waals surface area contributed by atoms with Crippen LogP contribution < -0.4 is 20.1 Å². The predicted octanol–water partition coefficient (Wildman–Crippen LogP) is 4.35. The van der Waals surface area contributed by atoms with Crippen molar-refractivity contribution in [3.8, 4) is 11.5 Å². The molecule has 3 aromatic carbocycles. The molecule has 0 aliphatic carbocycles. The number of anilines is 2. The number of hydrogen-bond donors (Lipinski definition) is 2. The lowest BCUT2D eigenvalue weighted by molar-refractivity contribution is -0.122. The molecule has 2 N–H and O–H groups in total. The second kappa shape index (κ2) is 9.41. The van der Waals surface area contributed by atoms with Crippen LogP contribution >= 0.6 is 0 Å². The zero-order chi connectivity index (χ0) is 20.6. The summed E-state index contributed by atoms with van der Waals surface area (Å²) in [4.78, 5) is 25.2. The number of benzene rings is 3. The molecule has 29 heavy (non-hydrogen) atoms. The van der Waals surface area contributed by atoms with Crippen LogP contribution in [0.15, 0.2) is 78.9 Å². The summed E-state index contributed by atoms with van der Waals surface area (Å²) in [6.07, 6.45) is -0.727. The van der Waals surface area contributed by atoms with Gasteiger partial charge in [-0.1, -0.05) is 30.3 Å². The summed E-state index contributed by atoms with van der Waals surface area (Å²) in [6, 6.07) is 22.9. The Labute approximate surface area is 169 Å². The Morgan fingerprint density at radius 1 is 0.793 bits per heavy atom. The topological polar surface area (TPSA) is 76.7 Å². The Kier molecular flexibility index (Phi) is 6.47. The van der Waals surface area contributed by atoms with E-state index in [0.717, 1.165) is 0 Å². The number of nitrogens with one attached hydrogen (secondary N) is 2. The van der Waals surface area contributed by atoms with E-state index in [1.807, 2.05) is 18.2 Å². The van der Waals surface area contributed by atoms with Crippen molar-refractivity contribution in [1.82, 2.24) is 0 Å². The summed E-state index contributed by atoms with van der Waals surface area (Å²) in [5.74, 6) is 0.616. The van der Waals surface area contributed by atoms with Crippen LogP contribution in [0.1, 0.15) is 17.3 Å². The van der Waals surface area contributed by atoms with Gasteiger partial charge < -0.3 is 20.1 Å². The molecular formula is C23H22N2O4. The minimum atomic E-state index is -0.727. The van der Waals surface area contributed by atoms with Gasteiger partial charge in [-0.2, -0.15) is 0 Å². The van der Waals surface area contributed by atoms with Crippen molar-refractivity contribution < 1.29 is 19.1 Å². The Balaban J connectivity index is 1.68. The first-order chi connectivity index (χ1) is 14.1. The van der Waals surface area contributed by atoms with Gasteiger partial charge in [-0.25, -0.2) is 0 Å². The molecule has 0 spiro atoms. The van der Waals surface area contributed by atoms with E-state index in [1.165, 1.54) is 0 Å². The fourth-order valence-corrected chi connectivity index (χ4v) is 2.65. The molecule has 0 aliphatic rings. The first-order valence-electron chi connectivity index (χ1n) is 9.14. The average molecular weight is 390 g/mol. The van der Waals surface area contributed by atoms with Crippen LogP contribution in [0.2, 0.25) is 0 Å². The molecule has 2 amide bonds. The molecule has 3 aromatic rings. The second-order valence-corrected chi connectivity index (χ2v) is 6.29. The van der Waals surface area contributed by atoms with Crippen LogP contribution in [0, 0.1) is 0 Å². The summed E-state index contributed by atoms with van der Waals surface area (Å²) in [5.41, 5.74) is 1.38. The first-order valence-corrected chi connectivity index (χ1v) is 9.14. The fraction of sp³-hybridized carbons (Fsp3) is 0.130. The third-order valence-corrected chi connectivity index (χ3v) is 4.20. The molecule has 0 saturated carbocycles. The van der Waals surface area contributed by atoms with Gasteiger partial charge in [0.25, 0.3) is 11.8 Å². The molecule has 3 rings (SSSR count). The van der Waals surface area contributed by atoms with Crippen molar-refractivity contribution in [2.24, 2.45) is 0 Å². The fourth-order valence-electron chi connectivity index (χ4n) is 2.65. The maximum Gasteiger partial charge on any atom is 0.265 e. The Morgan fingerprint density at radius 3 is 2.14 bits per heavy atom. The van der Waals surface area contributed by atoms with E-state index in [0.29, 0.717) is 28.4 Å². The van der Waals surface area contributed by atoms with Crippen molar-refractivity contribution in [3.05, 3.63) is 84.4 Å². The molecule has 1 atom stereocenters. The van der Waals surface area contributed by atoms with E-state index in [1.54, 1.807) is 74.7 Å². The van der Waals surface area contributed by atoms with Crippen molar-refractivity contribution in [1.29, 1.82) is 0 Å². The molecular weight excluding hydrogens is 368 g/mol. The van der Waals surface area contributed by atoms with Crippen LogP contribution in [0.3, 0.4) is 0 Å². The Hall–Kier alpha value is -3.80. The number of amides is 2. The zero-order valence-corrected chi connectivity index (χ0v) is 16.2. The highest BCUT2D eigenvalue weighted by atomic mass is 16.5. The maximum atomic E-state index is 12.7. The predicted molar refractivity (Wildman–Crippen MR) is 113 cm³/mol. The molecule has 0 saturated heterocycles. The second-order valence-electron chi connectivity index (χ2n) is 6.29. The van der Waals surface area contributed by atoms with Crippen LogP contribution in [0.4, 0.5) is 11.4 Å². The van der Waals surface area contributed by atoms with Crippen molar-refractivity contribution in [2.45, 2.75) is 13.0 Å². The Bertz CT molecular complexity index is 972. The molecule has 0 heterocycles. The lowest BCUT2D eigenvalue weighted by Gasteiger charge is -2.16. The van der Waals surface area contributed by atoms with E-state index in [-0.39, 0.29) is 11.8 Å². The van der Waals surface area contributed by atoms with Crippen LogP contribution in [-0.4, -0.2) is 25.0 Å². The quantitative estimate of drug-likeness (QED) is 0.629. The van der Waals surface area contributed by atoms with Gasteiger partial charge in [-0.3, -0.25) is 9.59 Å². The summed E-state index contributed by atoms with van der Waals surface area (Å²) in [6.45, 7) is 1.66. The van der Waals surface area contributed by atoms with Gasteiger partial charge in [0.1, 0.15) is 11.5 Å². The van der Waals surface area contributed by atoms with Gasteiger partial charge in [0.2, 0.25) is 0 Å². The standard InChI is InChI=1S/C23H22N2O4/c1-16(29-19-8-4-3-5-9-19)22(26)25-21-11-7-6-10-20(21)23(27)24-17-12-14-18(28-2)15-13-17/h3-16H,1-2H3,(H,24,27)(H,25,26)/t16-/m0/s1. The molecule has 0 fully saturated rings. The minimum absolute atomic E-state index is 0.331. The average Bonchev–Trinajstić information content (AvgIpc) is 2.75. The molecule has 0 aliphatic heterocycles. The molecule has 148 valence electrons. The summed E-state index contributed by atoms with van der Waals surface area (Å²) < 4.78 is 10.8. The first kappa shape index (κ1) is 19.9. The molecule has 0 radical (unpaired) electrons. The molecule has 6 nitrogen and oxygen atoms in total. The smallest absolute Gasteiger partial charge is 0.265 e. The van der Waals surface area contributed by atoms with E-state index >= 15 is 0 Å². The molecule has 0 aromatic heterocycles. The largest absolute Gasteiger partial charge is 0.497 e. The number of para-hydroxylation sites is 2. The number of ether oxygens (including phenoxy) is 2. The highest BCUT2D eigenvalue weighted by Gasteiger charge is 2.18. The third kappa shape index (κ3) is 5.35. The van der Waals surface area contributed by atoms with E-state index in [9.17, 15) is 9.59 Å². The van der Waals surface area contributed by atoms with Gasteiger partial charge in [0.05, 0.1) is 18.4 Å². The highest BCUT2D eigenvalue weighted by Crippen LogP contribution is 2.20. The SMILES string of the molecule is COc1ccc(NC(=O)c2ccccc2NC(=O)[C@H](C)Oc2ccccc2)cc1. The normalized spacial score (nSPS) is 11.2. The highest BCUT2D eigenvalue weighted by molar-refractivity contribution is 6.10. The summed E-state index contributed by atoms with van der Waals surface area (Å²) in [7, 11) is 1.58. The number of carbonyl (C=O) groups is 2. The van der Waals surface area contributed by atoms with Crippen LogP contribution in [-0.2, 0) is 4.79 Å². The molecule has 6 heteroatoms. The van der Waals surface area contributed by atoms with Crippen LogP contribution in [0.25, 0.3) is 0 Å². The van der Waals surface area contributed by atoms with E-state index < -0.39 is 6.10 Å². The molecule has 0 unspecified atom stereocenters. The number of methoxy groups -OCH3 is 1. The number of rotatable bonds is 7. The molecule has 0 bridgehead atoms. The monoisotopic (exact) mass is 390 g/mol.